The topological polar surface area (TPSA) is 40.7 Å². The molecule has 0 aliphatic heterocycles. The van der Waals surface area contributed by atoms with Crippen LogP contribution in [0.1, 0.15) is 39.0 Å². The van der Waals surface area contributed by atoms with Crippen LogP contribution in [0.4, 0.5) is 5.69 Å². The fourth-order valence-corrected chi connectivity index (χ4v) is 3.26. The van der Waals surface area contributed by atoms with Crippen molar-refractivity contribution in [2.75, 3.05) is 5.32 Å². The van der Waals surface area contributed by atoms with Crippen molar-refractivity contribution in [3.8, 4) is 11.3 Å². The average Bonchev–Trinajstić information content (AvgIpc) is 3.03. The summed E-state index contributed by atoms with van der Waals surface area (Å²) in [6.07, 6.45) is 10.3. The van der Waals surface area contributed by atoms with Gasteiger partial charge in [-0.15, -0.1) is 0 Å². The van der Waals surface area contributed by atoms with E-state index >= 15 is 0 Å². The molecule has 3 nitrogen and oxygen atoms in total. The Labute approximate surface area is 120 Å². The van der Waals surface area contributed by atoms with Crippen LogP contribution < -0.4 is 5.32 Å². The Morgan fingerprint density at radius 2 is 2.00 bits per heavy atom. The molecule has 0 saturated heterocycles. The molecule has 2 unspecified atom stereocenters. The maximum Gasteiger partial charge on any atom is 0.0924 e. The third-order valence-corrected chi connectivity index (χ3v) is 4.48. The highest BCUT2D eigenvalue weighted by Crippen LogP contribution is 2.29. The Bertz CT molecular complexity index is 516. The second-order valence-corrected chi connectivity index (χ2v) is 5.75. The number of nitrogens with zero attached hydrogens (tertiary/aromatic N) is 1. The first-order valence-electron chi connectivity index (χ1n) is 7.72. The van der Waals surface area contributed by atoms with Crippen LogP contribution in [-0.2, 0) is 0 Å². The number of hydrogen-bond donors (Lipinski definition) is 2. The van der Waals surface area contributed by atoms with Crippen LogP contribution in [0.3, 0.4) is 0 Å². The minimum absolute atomic E-state index is 0.645. The summed E-state index contributed by atoms with van der Waals surface area (Å²) in [6, 6.07) is 9.31. The number of aromatic amines is 1. The molecule has 3 heteroatoms. The second-order valence-electron chi connectivity index (χ2n) is 5.75. The second kappa shape index (κ2) is 6.12. The van der Waals surface area contributed by atoms with Crippen LogP contribution in [0.25, 0.3) is 11.3 Å². The first-order valence-corrected chi connectivity index (χ1v) is 7.72. The summed E-state index contributed by atoms with van der Waals surface area (Å²) in [7, 11) is 0. The molecule has 106 valence electrons. The molecular weight excluding hydrogens is 246 g/mol. The zero-order chi connectivity index (χ0) is 13.8. The molecule has 0 spiro atoms. The normalized spacial score (nSPS) is 22.6. The van der Waals surface area contributed by atoms with Crippen LogP contribution in [0.5, 0.6) is 0 Å². The molecule has 1 aromatic heterocycles. The minimum atomic E-state index is 0.645. The fourth-order valence-electron chi connectivity index (χ4n) is 3.26. The molecule has 1 heterocycles. The number of benzene rings is 1. The summed E-state index contributed by atoms with van der Waals surface area (Å²) in [5, 5.41) is 3.73. The predicted octanol–water partition coefficient (Wildman–Crippen LogP) is 4.46. The Hall–Kier alpha value is -1.77. The zero-order valence-electron chi connectivity index (χ0n) is 12.1. The molecule has 0 bridgehead atoms. The third-order valence-electron chi connectivity index (χ3n) is 4.48. The smallest absolute Gasteiger partial charge is 0.0924 e. The van der Waals surface area contributed by atoms with E-state index in [1.54, 1.807) is 6.33 Å². The predicted molar refractivity (Wildman–Crippen MR) is 83.7 cm³/mol. The molecule has 3 rings (SSSR count). The fraction of sp³-hybridized carbons (Fsp3) is 0.471. The summed E-state index contributed by atoms with van der Waals surface area (Å²) in [4.78, 5) is 7.20. The number of H-pyrrole nitrogens is 1. The molecular formula is C17H23N3. The van der Waals surface area contributed by atoms with Gasteiger partial charge >= 0.3 is 0 Å². The SMILES string of the molecule is CCC1CCCCC1Nc1ccc(-c2cnc[nH]2)cc1. The highest BCUT2D eigenvalue weighted by Gasteiger charge is 2.23. The van der Waals surface area contributed by atoms with E-state index in [0.29, 0.717) is 6.04 Å². The quantitative estimate of drug-likeness (QED) is 0.860. The van der Waals surface area contributed by atoms with Gasteiger partial charge in [0.2, 0.25) is 0 Å². The number of rotatable bonds is 4. The van der Waals surface area contributed by atoms with E-state index in [1.807, 2.05) is 6.20 Å². The van der Waals surface area contributed by atoms with E-state index in [9.17, 15) is 0 Å². The van der Waals surface area contributed by atoms with Gasteiger partial charge in [0.25, 0.3) is 0 Å². The monoisotopic (exact) mass is 269 g/mol. The molecule has 2 aromatic rings. The average molecular weight is 269 g/mol. The molecule has 1 aromatic carbocycles. The van der Waals surface area contributed by atoms with Crippen LogP contribution >= 0.6 is 0 Å². The molecule has 1 aliphatic carbocycles. The Morgan fingerprint density at radius 1 is 1.20 bits per heavy atom. The van der Waals surface area contributed by atoms with Gasteiger partial charge in [-0.05, 0) is 36.5 Å². The number of nitrogens with one attached hydrogen (secondary N) is 2. The molecule has 1 fully saturated rings. The summed E-state index contributed by atoms with van der Waals surface area (Å²) >= 11 is 0. The van der Waals surface area contributed by atoms with Gasteiger partial charge in [-0.2, -0.15) is 0 Å². The Balaban J connectivity index is 1.68. The highest BCUT2D eigenvalue weighted by atomic mass is 14.9. The lowest BCUT2D eigenvalue weighted by Gasteiger charge is -2.32. The number of imidazole rings is 1. The van der Waals surface area contributed by atoms with Crippen LogP contribution in [-0.4, -0.2) is 16.0 Å². The van der Waals surface area contributed by atoms with E-state index in [2.05, 4.69) is 46.5 Å². The molecule has 0 radical (unpaired) electrons. The van der Waals surface area contributed by atoms with Gasteiger partial charge in [0.1, 0.15) is 0 Å². The number of anilines is 1. The van der Waals surface area contributed by atoms with Gasteiger partial charge in [0.15, 0.2) is 0 Å². The molecule has 1 aliphatic rings. The largest absolute Gasteiger partial charge is 0.382 e. The van der Waals surface area contributed by atoms with Crippen molar-refractivity contribution in [2.45, 2.75) is 45.1 Å². The molecule has 2 atom stereocenters. The van der Waals surface area contributed by atoms with E-state index in [0.717, 1.165) is 11.6 Å². The molecule has 1 saturated carbocycles. The first kappa shape index (κ1) is 13.2. The van der Waals surface area contributed by atoms with Crippen molar-refractivity contribution in [3.05, 3.63) is 36.8 Å². The van der Waals surface area contributed by atoms with Gasteiger partial charge in [-0.3, -0.25) is 0 Å². The van der Waals surface area contributed by atoms with E-state index in [-0.39, 0.29) is 0 Å². The van der Waals surface area contributed by atoms with Crippen LogP contribution in [0.2, 0.25) is 0 Å². The van der Waals surface area contributed by atoms with Gasteiger partial charge in [0, 0.05) is 11.7 Å². The van der Waals surface area contributed by atoms with Gasteiger partial charge in [-0.1, -0.05) is 38.3 Å². The highest BCUT2D eigenvalue weighted by molar-refractivity contribution is 5.62. The van der Waals surface area contributed by atoms with Crippen molar-refractivity contribution in [1.82, 2.24) is 9.97 Å². The molecule has 2 N–H and O–H groups in total. The van der Waals surface area contributed by atoms with Crippen LogP contribution in [0.15, 0.2) is 36.8 Å². The summed E-state index contributed by atoms with van der Waals surface area (Å²) in [6.45, 7) is 2.31. The first-order chi connectivity index (χ1) is 9.86. The van der Waals surface area contributed by atoms with Crippen molar-refractivity contribution >= 4 is 5.69 Å². The van der Waals surface area contributed by atoms with E-state index in [1.165, 1.54) is 43.4 Å². The number of hydrogen-bond acceptors (Lipinski definition) is 2. The lowest BCUT2D eigenvalue weighted by atomic mass is 9.83. The van der Waals surface area contributed by atoms with Gasteiger partial charge < -0.3 is 10.3 Å². The third kappa shape index (κ3) is 2.87. The maximum atomic E-state index is 4.06. The Morgan fingerprint density at radius 3 is 2.70 bits per heavy atom. The van der Waals surface area contributed by atoms with Crippen molar-refractivity contribution < 1.29 is 0 Å². The standard InChI is InChI=1S/C17H23N3/c1-2-13-5-3-4-6-16(13)20-15-9-7-14(8-10-15)17-11-18-12-19-17/h7-13,16,20H,2-6H2,1H3,(H,18,19). The zero-order valence-corrected chi connectivity index (χ0v) is 12.1. The van der Waals surface area contributed by atoms with E-state index in [4.69, 9.17) is 0 Å². The molecule has 0 amide bonds. The van der Waals surface area contributed by atoms with Crippen LogP contribution in [0, 0.1) is 5.92 Å². The van der Waals surface area contributed by atoms with Crippen molar-refractivity contribution in [3.63, 3.8) is 0 Å². The lowest BCUT2D eigenvalue weighted by molar-refractivity contribution is 0.317. The number of aromatic nitrogens is 2. The summed E-state index contributed by atoms with van der Waals surface area (Å²) in [5.41, 5.74) is 3.49. The van der Waals surface area contributed by atoms with E-state index < -0.39 is 0 Å². The molecule has 20 heavy (non-hydrogen) atoms. The summed E-state index contributed by atoms with van der Waals surface area (Å²) in [5.74, 6) is 0.830. The Kier molecular flexibility index (Phi) is 4.05. The van der Waals surface area contributed by atoms with Crippen molar-refractivity contribution in [1.29, 1.82) is 0 Å². The van der Waals surface area contributed by atoms with Gasteiger partial charge in [0.05, 0.1) is 18.2 Å². The van der Waals surface area contributed by atoms with Gasteiger partial charge in [-0.25, -0.2) is 4.98 Å². The minimum Gasteiger partial charge on any atom is -0.382 e. The maximum absolute atomic E-state index is 4.06. The van der Waals surface area contributed by atoms with Crippen molar-refractivity contribution in [2.24, 2.45) is 5.92 Å². The summed E-state index contributed by atoms with van der Waals surface area (Å²) < 4.78 is 0. The lowest BCUT2D eigenvalue weighted by Crippen LogP contribution is -2.31.